The summed E-state index contributed by atoms with van der Waals surface area (Å²) in [6, 6.07) is 6.78. The van der Waals surface area contributed by atoms with Crippen LogP contribution in [0.25, 0.3) is 0 Å². The van der Waals surface area contributed by atoms with E-state index in [4.69, 9.17) is 25.8 Å². The van der Waals surface area contributed by atoms with Crippen LogP contribution < -0.4 is 10.1 Å². The Kier molecular flexibility index (Phi) is 7.72. The Morgan fingerprint density at radius 1 is 1.18 bits per heavy atom. The molecule has 0 saturated heterocycles. The normalized spacial score (nSPS) is 10.6. The van der Waals surface area contributed by atoms with Crippen LogP contribution >= 0.6 is 22.9 Å². The van der Waals surface area contributed by atoms with Crippen molar-refractivity contribution in [3.63, 3.8) is 0 Å². The van der Waals surface area contributed by atoms with E-state index in [0.29, 0.717) is 16.3 Å². The van der Waals surface area contributed by atoms with Gasteiger partial charge in [-0.3, -0.25) is 4.79 Å². The summed E-state index contributed by atoms with van der Waals surface area (Å²) in [4.78, 5) is 37.5. The van der Waals surface area contributed by atoms with E-state index in [2.05, 4.69) is 10.4 Å². The second kappa shape index (κ2) is 10.5. The fourth-order valence-electron chi connectivity index (χ4n) is 2.91. The molecular weight excluding hydrogens is 470 g/mol. The second-order valence-electron chi connectivity index (χ2n) is 6.85. The van der Waals surface area contributed by atoms with Crippen molar-refractivity contribution in [2.75, 3.05) is 19.0 Å². The Labute approximate surface area is 199 Å². The summed E-state index contributed by atoms with van der Waals surface area (Å²) in [5.74, 6) is -1.20. The van der Waals surface area contributed by atoms with Gasteiger partial charge in [-0.15, -0.1) is 11.3 Å². The molecule has 0 radical (unpaired) electrons. The number of aromatic nitrogens is 2. The number of amides is 1. The van der Waals surface area contributed by atoms with Gasteiger partial charge in [0.15, 0.2) is 12.4 Å². The minimum absolute atomic E-state index is 0.0763. The summed E-state index contributed by atoms with van der Waals surface area (Å²) in [5.41, 5.74) is 1.45. The fraction of sp³-hybridized carbons (Fsp3) is 0.273. The highest BCUT2D eigenvalue weighted by molar-refractivity contribution is 7.18. The molecule has 0 atom stereocenters. The van der Waals surface area contributed by atoms with E-state index in [1.54, 1.807) is 38.2 Å². The van der Waals surface area contributed by atoms with Crippen LogP contribution in [0.4, 0.5) is 5.00 Å². The molecule has 1 N–H and O–H groups in total. The van der Waals surface area contributed by atoms with Crippen molar-refractivity contribution >= 4 is 45.8 Å². The molecule has 0 unspecified atom stereocenters. The lowest BCUT2D eigenvalue weighted by atomic mass is 10.1. The van der Waals surface area contributed by atoms with Gasteiger partial charge >= 0.3 is 11.9 Å². The van der Waals surface area contributed by atoms with Crippen LogP contribution in [0.5, 0.6) is 5.75 Å². The van der Waals surface area contributed by atoms with Gasteiger partial charge in [0.05, 0.1) is 19.3 Å². The molecule has 2 heterocycles. The first-order chi connectivity index (χ1) is 15.7. The van der Waals surface area contributed by atoms with Crippen LogP contribution in [0, 0.1) is 13.8 Å². The first-order valence-corrected chi connectivity index (χ1v) is 11.1. The second-order valence-corrected chi connectivity index (χ2v) is 8.28. The standard InChI is InChI=1S/C22H22ClN3O6S/c1-5-31-22(29)18-13(3)17(21(28)30-4)20(33-18)24-19(27)16-8-9-26(25-16)11-32-14-6-7-15(23)12(2)10-14/h6-10H,5,11H2,1-4H3,(H,24,27). The zero-order valence-electron chi connectivity index (χ0n) is 18.4. The number of methoxy groups -OCH3 is 1. The summed E-state index contributed by atoms with van der Waals surface area (Å²) in [6.07, 6.45) is 1.59. The van der Waals surface area contributed by atoms with Crippen molar-refractivity contribution in [2.24, 2.45) is 0 Å². The van der Waals surface area contributed by atoms with E-state index in [-0.39, 0.29) is 34.5 Å². The molecule has 1 aromatic carbocycles. The summed E-state index contributed by atoms with van der Waals surface area (Å²) in [6.45, 7) is 5.40. The highest BCUT2D eigenvalue weighted by Gasteiger charge is 2.27. The molecule has 0 saturated carbocycles. The highest BCUT2D eigenvalue weighted by atomic mass is 35.5. The number of hydrogen-bond acceptors (Lipinski definition) is 8. The zero-order valence-corrected chi connectivity index (χ0v) is 20.0. The molecule has 3 rings (SSSR count). The van der Waals surface area contributed by atoms with Crippen molar-refractivity contribution in [3.8, 4) is 5.75 Å². The number of benzene rings is 1. The lowest BCUT2D eigenvalue weighted by molar-refractivity contribution is 0.0531. The number of carbonyl (C=O) groups is 3. The van der Waals surface area contributed by atoms with Gasteiger partial charge in [0.1, 0.15) is 15.6 Å². The number of carbonyl (C=O) groups excluding carboxylic acids is 3. The molecule has 11 heteroatoms. The van der Waals surface area contributed by atoms with Crippen LogP contribution in [0.3, 0.4) is 0 Å². The molecule has 33 heavy (non-hydrogen) atoms. The molecule has 3 aromatic rings. The van der Waals surface area contributed by atoms with Gasteiger partial charge in [-0.2, -0.15) is 5.10 Å². The summed E-state index contributed by atoms with van der Waals surface area (Å²) >= 11 is 6.96. The number of nitrogens with zero attached hydrogens (tertiary/aromatic N) is 2. The van der Waals surface area contributed by atoms with E-state index in [0.717, 1.165) is 16.9 Å². The smallest absolute Gasteiger partial charge is 0.348 e. The number of ether oxygens (including phenoxy) is 3. The van der Waals surface area contributed by atoms with Crippen molar-refractivity contribution in [2.45, 2.75) is 27.5 Å². The molecule has 9 nitrogen and oxygen atoms in total. The Morgan fingerprint density at radius 3 is 2.61 bits per heavy atom. The fourth-order valence-corrected chi connectivity index (χ4v) is 4.11. The minimum atomic E-state index is -0.674. The van der Waals surface area contributed by atoms with E-state index >= 15 is 0 Å². The third-order valence-corrected chi connectivity index (χ3v) is 6.20. The molecule has 0 spiro atoms. The van der Waals surface area contributed by atoms with Crippen LogP contribution in [0.2, 0.25) is 5.02 Å². The number of hydrogen-bond donors (Lipinski definition) is 1. The van der Waals surface area contributed by atoms with E-state index in [9.17, 15) is 14.4 Å². The minimum Gasteiger partial charge on any atom is -0.471 e. The molecule has 2 aromatic heterocycles. The maximum atomic E-state index is 12.8. The Balaban J connectivity index is 1.75. The van der Waals surface area contributed by atoms with Crippen LogP contribution in [0.1, 0.15) is 48.6 Å². The number of esters is 2. The van der Waals surface area contributed by atoms with E-state index in [1.807, 2.05) is 6.92 Å². The third-order valence-electron chi connectivity index (χ3n) is 4.59. The number of nitrogens with one attached hydrogen (secondary N) is 1. The predicted molar refractivity (Wildman–Crippen MR) is 123 cm³/mol. The van der Waals surface area contributed by atoms with E-state index in [1.165, 1.54) is 17.9 Å². The van der Waals surface area contributed by atoms with Gasteiger partial charge in [0.2, 0.25) is 0 Å². The average molecular weight is 492 g/mol. The molecule has 0 aliphatic carbocycles. The number of anilines is 1. The Hall–Kier alpha value is -3.37. The molecule has 1 amide bonds. The monoisotopic (exact) mass is 491 g/mol. The first-order valence-electron chi connectivity index (χ1n) is 9.87. The summed E-state index contributed by atoms with van der Waals surface area (Å²) in [7, 11) is 1.22. The molecule has 0 aliphatic heterocycles. The Morgan fingerprint density at radius 2 is 1.94 bits per heavy atom. The van der Waals surface area contributed by atoms with Gasteiger partial charge in [-0.25, -0.2) is 14.3 Å². The van der Waals surface area contributed by atoms with Crippen molar-refractivity contribution in [1.29, 1.82) is 0 Å². The zero-order chi connectivity index (χ0) is 24.1. The third kappa shape index (κ3) is 5.52. The maximum Gasteiger partial charge on any atom is 0.348 e. The topological polar surface area (TPSA) is 109 Å². The molecule has 0 aliphatic rings. The number of halogens is 1. The molecular formula is C22H22ClN3O6S. The van der Waals surface area contributed by atoms with E-state index < -0.39 is 17.8 Å². The first kappa shape index (κ1) is 24.3. The van der Waals surface area contributed by atoms with Crippen LogP contribution in [-0.4, -0.2) is 41.3 Å². The summed E-state index contributed by atoms with van der Waals surface area (Å²) in [5, 5.41) is 7.66. The summed E-state index contributed by atoms with van der Waals surface area (Å²) < 4.78 is 17.0. The SMILES string of the molecule is CCOC(=O)c1sc(NC(=O)c2ccn(COc3ccc(Cl)c(C)c3)n2)c(C(=O)OC)c1C. The number of thiophene rings is 1. The number of rotatable bonds is 8. The van der Waals surface area contributed by atoms with Crippen molar-refractivity contribution in [3.05, 3.63) is 62.7 Å². The largest absolute Gasteiger partial charge is 0.471 e. The van der Waals surface area contributed by atoms with Gasteiger partial charge in [-0.05, 0) is 56.2 Å². The molecule has 174 valence electrons. The van der Waals surface area contributed by atoms with Crippen molar-refractivity contribution in [1.82, 2.24) is 9.78 Å². The lowest BCUT2D eigenvalue weighted by Gasteiger charge is -2.08. The van der Waals surface area contributed by atoms with Gasteiger partial charge in [0.25, 0.3) is 5.91 Å². The lowest BCUT2D eigenvalue weighted by Crippen LogP contribution is -2.16. The predicted octanol–water partition coefficient (Wildman–Crippen LogP) is 4.47. The van der Waals surface area contributed by atoms with Crippen LogP contribution in [0.15, 0.2) is 30.5 Å². The quantitative estimate of drug-likeness (QED) is 0.463. The molecule has 0 bridgehead atoms. The van der Waals surface area contributed by atoms with Gasteiger partial charge in [0, 0.05) is 11.2 Å². The van der Waals surface area contributed by atoms with Crippen molar-refractivity contribution < 1.29 is 28.6 Å². The van der Waals surface area contributed by atoms with Crippen LogP contribution in [-0.2, 0) is 16.2 Å². The van der Waals surface area contributed by atoms with Gasteiger partial charge in [-0.1, -0.05) is 11.6 Å². The Bertz CT molecular complexity index is 1200. The molecule has 0 fully saturated rings. The maximum absolute atomic E-state index is 12.8. The van der Waals surface area contributed by atoms with Gasteiger partial charge < -0.3 is 19.5 Å². The highest BCUT2D eigenvalue weighted by Crippen LogP contribution is 2.34. The number of aryl methyl sites for hydroxylation is 1. The average Bonchev–Trinajstić information content (AvgIpc) is 3.39.